The molecule has 0 unspecified atom stereocenters. The van der Waals surface area contributed by atoms with Crippen LogP contribution >= 0.6 is 11.8 Å². The highest BCUT2D eigenvalue weighted by Gasteiger charge is 2.19. The molecule has 6 heteroatoms. The minimum Gasteiger partial charge on any atom is -0.434 e. The van der Waals surface area contributed by atoms with Crippen molar-refractivity contribution in [3.8, 4) is 0 Å². The lowest BCUT2D eigenvalue weighted by molar-refractivity contribution is -0.126. The van der Waals surface area contributed by atoms with Crippen LogP contribution in [0.3, 0.4) is 0 Å². The lowest BCUT2D eigenvalue weighted by Gasteiger charge is -2.20. The van der Waals surface area contributed by atoms with Crippen LogP contribution in [0.4, 0.5) is 0 Å². The molecule has 198 valence electrons. The number of likely N-dealkylation sites (N-methyl/N-ethyl adjacent to an activating group) is 1. The Kier molecular flexibility index (Phi) is 14.8. The Bertz CT molecular complexity index is 1020. The fourth-order valence-electron chi connectivity index (χ4n) is 3.28. The average Bonchev–Trinajstić information content (AvgIpc) is 3.29. The van der Waals surface area contributed by atoms with Crippen LogP contribution in [0.5, 0.6) is 0 Å². The van der Waals surface area contributed by atoms with Gasteiger partial charge in [-0.25, -0.2) is 4.98 Å². The van der Waals surface area contributed by atoms with Crippen LogP contribution < -0.4 is 0 Å². The zero-order valence-electron chi connectivity index (χ0n) is 23.6. The number of rotatable bonds is 11. The number of carbonyl (C=O) groups excluding carboxylic acids is 1. The number of amides is 1. The zero-order valence-corrected chi connectivity index (χ0v) is 24.4. The Labute approximate surface area is 222 Å². The summed E-state index contributed by atoms with van der Waals surface area (Å²) in [5, 5.41) is 0.808. The van der Waals surface area contributed by atoms with Crippen LogP contribution in [-0.2, 0) is 15.3 Å². The molecule has 0 radical (unpaired) electrons. The quantitative estimate of drug-likeness (QED) is 0.174. The number of hydrogen-bond donors (Lipinski definition) is 0. The molecule has 0 bridgehead atoms. The minimum absolute atomic E-state index is 0.0763. The number of oxazole rings is 1. The second kappa shape index (κ2) is 17.0. The van der Waals surface area contributed by atoms with E-state index in [0.29, 0.717) is 12.1 Å². The van der Waals surface area contributed by atoms with E-state index >= 15 is 0 Å². The molecule has 0 atom stereocenters. The van der Waals surface area contributed by atoms with Crippen LogP contribution in [-0.4, -0.2) is 43.1 Å². The minimum atomic E-state index is 0.0763. The molecule has 0 aliphatic heterocycles. The summed E-state index contributed by atoms with van der Waals surface area (Å²) in [6, 6.07) is 8.56. The van der Waals surface area contributed by atoms with Crippen LogP contribution in [0.25, 0.3) is 5.57 Å². The molecule has 2 rings (SSSR count). The molecule has 0 fully saturated rings. The highest BCUT2D eigenvalue weighted by atomic mass is 32.2. The monoisotopic (exact) mass is 512 g/mol. The molecule has 0 saturated carbocycles. The maximum atomic E-state index is 12.8. The third kappa shape index (κ3) is 10.2. The molecule has 5 nitrogen and oxygen atoms in total. The third-order valence-electron chi connectivity index (χ3n) is 5.23. The van der Waals surface area contributed by atoms with E-state index in [9.17, 15) is 4.79 Å². The maximum Gasteiger partial charge on any atom is 0.249 e. The summed E-state index contributed by atoms with van der Waals surface area (Å²) in [6.07, 6.45) is 8.84. The Hall–Kier alpha value is -2.57. The maximum absolute atomic E-state index is 12.8. The number of aromatic nitrogens is 1. The predicted octanol–water partition coefficient (Wildman–Crippen LogP) is 7.83. The second-order valence-corrected chi connectivity index (χ2v) is 9.83. The number of allylic oxidation sites excluding steroid dienone is 5. The van der Waals surface area contributed by atoms with Gasteiger partial charge in [0.15, 0.2) is 11.0 Å². The number of ether oxygens (including phenoxy) is 1. The van der Waals surface area contributed by atoms with Crippen molar-refractivity contribution in [3.63, 3.8) is 0 Å². The van der Waals surface area contributed by atoms with Crippen molar-refractivity contribution in [3.05, 3.63) is 76.9 Å². The molecule has 0 saturated heterocycles. The van der Waals surface area contributed by atoms with Crippen LogP contribution in [0.2, 0.25) is 0 Å². The number of benzene rings is 1. The van der Waals surface area contributed by atoms with Crippen molar-refractivity contribution < 1.29 is 13.9 Å². The van der Waals surface area contributed by atoms with E-state index in [0.717, 1.165) is 41.0 Å². The van der Waals surface area contributed by atoms with Crippen LogP contribution in [0, 0.1) is 6.92 Å². The molecule has 1 heterocycles. The van der Waals surface area contributed by atoms with Gasteiger partial charge in [-0.2, -0.15) is 0 Å². The molecule has 1 aromatic carbocycles. The predicted molar refractivity (Wildman–Crippen MR) is 153 cm³/mol. The lowest BCUT2D eigenvalue weighted by Crippen LogP contribution is -2.31. The molecule has 0 aliphatic carbocycles. The Morgan fingerprint density at radius 2 is 1.81 bits per heavy atom. The standard InChI is InChI=1S/C28H38N2O2S.C2H6O/c1-8-11-24(17-14-22(7)27(31)30(10-3)18-9-2)25-28(32-26(29-25)20(4)5)33-19-23-15-12-21(6)13-16-23;1-3-2/h8,11-17,20H,9-10,18-19H2,1-7H3;1-2H3/b11-8-,22-14+,24-17+;. The molecule has 0 N–H and O–H groups in total. The van der Waals surface area contributed by atoms with Gasteiger partial charge < -0.3 is 14.1 Å². The smallest absolute Gasteiger partial charge is 0.249 e. The van der Waals surface area contributed by atoms with Crippen molar-refractivity contribution in [2.75, 3.05) is 27.3 Å². The summed E-state index contributed by atoms with van der Waals surface area (Å²) in [6.45, 7) is 15.7. The fourth-order valence-corrected chi connectivity index (χ4v) is 4.22. The molecule has 1 aromatic heterocycles. The van der Waals surface area contributed by atoms with Gasteiger partial charge in [0.1, 0.15) is 5.69 Å². The Balaban J connectivity index is 0.00000205. The van der Waals surface area contributed by atoms with Gasteiger partial charge in [0.25, 0.3) is 0 Å². The van der Waals surface area contributed by atoms with Gasteiger partial charge in [0.2, 0.25) is 5.91 Å². The number of carbonyl (C=O) groups is 1. The van der Waals surface area contributed by atoms with E-state index in [1.54, 1.807) is 26.0 Å². The lowest BCUT2D eigenvalue weighted by atomic mass is 10.1. The highest BCUT2D eigenvalue weighted by molar-refractivity contribution is 7.98. The van der Waals surface area contributed by atoms with Crippen LogP contribution in [0.1, 0.15) is 76.6 Å². The van der Waals surface area contributed by atoms with Gasteiger partial charge >= 0.3 is 0 Å². The molecule has 1 amide bonds. The summed E-state index contributed by atoms with van der Waals surface area (Å²) >= 11 is 1.65. The number of aryl methyl sites for hydroxylation is 1. The van der Waals surface area contributed by atoms with E-state index in [1.165, 1.54) is 11.1 Å². The van der Waals surface area contributed by atoms with Gasteiger partial charge in [-0.15, -0.1) is 0 Å². The largest absolute Gasteiger partial charge is 0.434 e. The first-order valence-electron chi connectivity index (χ1n) is 12.6. The molecule has 0 spiro atoms. The second-order valence-electron chi connectivity index (χ2n) is 8.88. The van der Waals surface area contributed by atoms with Crippen molar-refractivity contribution >= 4 is 23.2 Å². The van der Waals surface area contributed by atoms with Gasteiger partial charge in [0, 0.05) is 50.1 Å². The van der Waals surface area contributed by atoms with Gasteiger partial charge in [-0.1, -0.05) is 86.7 Å². The first kappa shape index (κ1) is 31.5. The average molecular weight is 513 g/mol. The van der Waals surface area contributed by atoms with E-state index in [4.69, 9.17) is 9.40 Å². The van der Waals surface area contributed by atoms with E-state index in [-0.39, 0.29) is 11.8 Å². The first-order valence-corrected chi connectivity index (χ1v) is 13.6. The molecule has 36 heavy (non-hydrogen) atoms. The molecule has 0 aliphatic rings. The van der Waals surface area contributed by atoms with Gasteiger partial charge in [-0.05, 0) is 39.7 Å². The number of nitrogens with zero attached hydrogens (tertiary/aromatic N) is 2. The Morgan fingerprint density at radius 3 is 2.33 bits per heavy atom. The van der Waals surface area contributed by atoms with Crippen molar-refractivity contribution in [1.82, 2.24) is 9.88 Å². The molecular weight excluding hydrogens is 468 g/mol. The zero-order chi connectivity index (χ0) is 27.1. The fraction of sp³-hybridized carbons (Fsp3) is 0.467. The highest BCUT2D eigenvalue weighted by Crippen LogP contribution is 2.34. The summed E-state index contributed by atoms with van der Waals surface area (Å²) in [5.41, 5.74) is 4.97. The summed E-state index contributed by atoms with van der Waals surface area (Å²) in [7, 11) is 3.25. The number of methoxy groups -OCH3 is 1. The van der Waals surface area contributed by atoms with Crippen LogP contribution in [0.15, 0.2) is 63.7 Å². The molecular formula is C30H44N2O3S. The molecule has 2 aromatic rings. The normalized spacial score (nSPS) is 12.2. The Morgan fingerprint density at radius 1 is 1.17 bits per heavy atom. The summed E-state index contributed by atoms with van der Waals surface area (Å²) in [4.78, 5) is 19.5. The SMILES string of the molecule is COC.C\C=C/C(=C\C=C(/C)C(=O)N(CC)CCC)c1nc(C(C)C)oc1SCc1ccc(C)cc1. The number of thioether (sulfide) groups is 1. The summed E-state index contributed by atoms with van der Waals surface area (Å²) < 4.78 is 10.4. The van der Waals surface area contributed by atoms with Crippen molar-refractivity contribution in [2.45, 2.75) is 71.7 Å². The van der Waals surface area contributed by atoms with E-state index < -0.39 is 0 Å². The van der Waals surface area contributed by atoms with Gasteiger partial charge in [-0.3, -0.25) is 4.79 Å². The van der Waals surface area contributed by atoms with Crippen molar-refractivity contribution in [1.29, 1.82) is 0 Å². The van der Waals surface area contributed by atoms with Gasteiger partial charge in [0.05, 0.1) is 0 Å². The topological polar surface area (TPSA) is 55.6 Å². The first-order chi connectivity index (χ1) is 17.2. The number of hydrogen-bond acceptors (Lipinski definition) is 5. The van der Waals surface area contributed by atoms with E-state index in [1.807, 2.05) is 50.0 Å². The van der Waals surface area contributed by atoms with Crippen molar-refractivity contribution in [2.24, 2.45) is 0 Å². The summed E-state index contributed by atoms with van der Waals surface area (Å²) in [5.74, 6) is 1.80. The third-order valence-corrected chi connectivity index (χ3v) is 6.25. The van der Waals surface area contributed by atoms with E-state index in [2.05, 4.69) is 56.7 Å².